The Kier molecular flexibility index (Phi) is 4.44. The van der Waals surface area contributed by atoms with Gasteiger partial charge in [0.25, 0.3) is 0 Å². The molecule has 0 fully saturated rings. The van der Waals surface area contributed by atoms with Gasteiger partial charge in [0.2, 0.25) is 15.9 Å². The third-order valence-corrected chi connectivity index (χ3v) is 4.14. The van der Waals surface area contributed by atoms with E-state index in [2.05, 4.69) is 4.98 Å². The molecule has 1 rings (SSSR count). The van der Waals surface area contributed by atoms with Crippen molar-refractivity contribution in [3.8, 4) is 0 Å². The van der Waals surface area contributed by atoms with Crippen molar-refractivity contribution >= 4 is 27.5 Å². The molecule has 0 unspecified atom stereocenters. The molecule has 0 spiro atoms. The predicted molar refractivity (Wildman–Crippen MR) is 62.9 cm³/mol. The fourth-order valence-electron chi connectivity index (χ4n) is 1.23. The van der Waals surface area contributed by atoms with E-state index in [0.717, 1.165) is 4.31 Å². The number of halogens is 1. The molecule has 8 heteroatoms. The maximum Gasteiger partial charge on any atom is 0.243 e. The number of pyridine rings is 1. The molecule has 0 bridgehead atoms. The van der Waals surface area contributed by atoms with Gasteiger partial charge >= 0.3 is 0 Å². The topological polar surface area (TPSA) is 93.4 Å². The van der Waals surface area contributed by atoms with Crippen LogP contribution in [-0.4, -0.2) is 36.7 Å². The number of rotatable bonds is 5. The Balaban J connectivity index is 3.13. The highest BCUT2D eigenvalue weighted by Crippen LogP contribution is 2.17. The monoisotopic (exact) mass is 277 g/mol. The Morgan fingerprint density at radius 1 is 1.59 bits per heavy atom. The summed E-state index contributed by atoms with van der Waals surface area (Å²) in [4.78, 5) is 14.5. The summed E-state index contributed by atoms with van der Waals surface area (Å²) in [6.07, 6.45) is 1.29. The summed E-state index contributed by atoms with van der Waals surface area (Å²) in [6, 6.07) is 2.53. The molecule has 0 saturated carbocycles. The molecule has 1 aromatic rings. The molecule has 0 aliphatic carbocycles. The van der Waals surface area contributed by atoms with Crippen molar-refractivity contribution in [3.05, 3.63) is 23.5 Å². The average Bonchev–Trinajstić information content (AvgIpc) is 2.25. The molecule has 0 aliphatic heterocycles. The highest BCUT2D eigenvalue weighted by molar-refractivity contribution is 7.89. The van der Waals surface area contributed by atoms with E-state index in [0.29, 0.717) is 0 Å². The molecular formula is C9H12ClN3O3S. The minimum Gasteiger partial charge on any atom is -0.369 e. The first-order chi connectivity index (χ1) is 7.87. The quantitative estimate of drug-likeness (QED) is 0.780. The van der Waals surface area contributed by atoms with Crippen molar-refractivity contribution in [1.29, 1.82) is 0 Å². The first kappa shape index (κ1) is 13.9. The number of aromatic nitrogens is 1. The highest BCUT2D eigenvalue weighted by Gasteiger charge is 2.24. The van der Waals surface area contributed by atoms with Gasteiger partial charge in [-0.1, -0.05) is 18.5 Å². The molecule has 94 valence electrons. The number of sulfonamides is 1. The van der Waals surface area contributed by atoms with E-state index in [4.69, 9.17) is 17.3 Å². The van der Waals surface area contributed by atoms with E-state index in [1.54, 1.807) is 6.92 Å². The highest BCUT2D eigenvalue weighted by atomic mass is 35.5. The molecule has 17 heavy (non-hydrogen) atoms. The van der Waals surface area contributed by atoms with Crippen LogP contribution < -0.4 is 5.73 Å². The molecule has 2 N–H and O–H groups in total. The van der Waals surface area contributed by atoms with Crippen LogP contribution >= 0.6 is 11.6 Å². The van der Waals surface area contributed by atoms with Gasteiger partial charge in [-0.05, 0) is 12.1 Å². The molecule has 0 radical (unpaired) electrons. The largest absolute Gasteiger partial charge is 0.369 e. The minimum absolute atomic E-state index is 0.0133. The number of nitrogens with zero attached hydrogens (tertiary/aromatic N) is 2. The van der Waals surface area contributed by atoms with E-state index in [-0.39, 0.29) is 23.1 Å². The Morgan fingerprint density at radius 2 is 2.24 bits per heavy atom. The first-order valence-electron chi connectivity index (χ1n) is 4.78. The Bertz CT molecular complexity index is 518. The van der Waals surface area contributed by atoms with Crippen molar-refractivity contribution in [2.45, 2.75) is 11.8 Å². The molecule has 0 aliphatic rings. The van der Waals surface area contributed by atoms with Crippen LogP contribution in [0.15, 0.2) is 23.2 Å². The van der Waals surface area contributed by atoms with Gasteiger partial charge in [0.15, 0.2) is 0 Å². The second-order valence-electron chi connectivity index (χ2n) is 3.21. The van der Waals surface area contributed by atoms with E-state index in [1.165, 1.54) is 18.3 Å². The lowest BCUT2D eigenvalue weighted by Crippen LogP contribution is -2.38. The number of amides is 1. The van der Waals surface area contributed by atoms with E-state index < -0.39 is 15.9 Å². The SMILES string of the molecule is CCN(CC(N)=O)S(=O)(=O)c1ccnc(Cl)c1. The second-order valence-corrected chi connectivity index (χ2v) is 5.54. The van der Waals surface area contributed by atoms with Gasteiger partial charge in [-0.2, -0.15) is 4.31 Å². The van der Waals surface area contributed by atoms with Crippen molar-refractivity contribution in [1.82, 2.24) is 9.29 Å². The molecule has 1 heterocycles. The smallest absolute Gasteiger partial charge is 0.243 e. The van der Waals surface area contributed by atoms with E-state index in [1.807, 2.05) is 0 Å². The van der Waals surface area contributed by atoms with Gasteiger partial charge < -0.3 is 5.73 Å². The number of carbonyl (C=O) groups is 1. The summed E-state index contributed by atoms with van der Waals surface area (Å²) < 4.78 is 25.1. The van der Waals surface area contributed by atoms with Gasteiger partial charge in [-0.15, -0.1) is 0 Å². The van der Waals surface area contributed by atoms with E-state index >= 15 is 0 Å². The summed E-state index contributed by atoms with van der Waals surface area (Å²) >= 11 is 5.62. The van der Waals surface area contributed by atoms with Crippen LogP contribution in [0.4, 0.5) is 0 Å². The Hall–Kier alpha value is -1.18. The maximum atomic E-state index is 12.1. The predicted octanol–water partition coefficient (Wildman–Crippen LogP) is 0.231. The molecule has 1 aromatic heterocycles. The van der Waals surface area contributed by atoms with Crippen LogP contribution in [0.2, 0.25) is 5.15 Å². The van der Waals surface area contributed by atoms with Crippen molar-refractivity contribution in [2.24, 2.45) is 5.73 Å². The summed E-state index contributed by atoms with van der Waals surface area (Å²) in [5, 5.41) is 0.0706. The van der Waals surface area contributed by atoms with Gasteiger partial charge in [0, 0.05) is 12.7 Å². The van der Waals surface area contributed by atoms with Crippen LogP contribution in [0.3, 0.4) is 0 Å². The lowest BCUT2D eigenvalue weighted by Gasteiger charge is -2.18. The molecule has 0 saturated heterocycles. The van der Waals surface area contributed by atoms with Crippen molar-refractivity contribution in [2.75, 3.05) is 13.1 Å². The standard InChI is InChI=1S/C9H12ClN3O3S/c1-2-13(6-9(11)14)17(15,16)7-3-4-12-8(10)5-7/h3-5H,2,6H2,1H3,(H2,11,14). The Morgan fingerprint density at radius 3 is 2.71 bits per heavy atom. The minimum atomic E-state index is -3.76. The summed E-state index contributed by atoms with van der Waals surface area (Å²) in [7, 11) is -3.76. The first-order valence-corrected chi connectivity index (χ1v) is 6.59. The zero-order chi connectivity index (χ0) is 13.1. The van der Waals surface area contributed by atoms with Crippen LogP contribution in [-0.2, 0) is 14.8 Å². The fraction of sp³-hybridized carbons (Fsp3) is 0.333. The van der Waals surface area contributed by atoms with Crippen molar-refractivity contribution in [3.63, 3.8) is 0 Å². The average molecular weight is 278 g/mol. The molecule has 0 aromatic carbocycles. The van der Waals surface area contributed by atoms with Crippen molar-refractivity contribution < 1.29 is 13.2 Å². The van der Waals surface area contributed by atoms with Gasteiger partial charge in [-0.25, -0.2) is 13.4 Å². The lowest BCUT2D eigenvalue weighted by atomic mass is 10.5. The number of likely N-dealkylation sites (N-methyl/N-ethyl adjacent to an activating group) is 1. The normalized spacial score (nSPS) is 11.7. The summed E-state index contributed by atoms with van der Waals surface area (Å²) in [5.74, 6) is -0.712. The second kappa shape index (κ2) is 5.44. The molecule has 6 nitrogen and oxygen atoms in total. The number of primary amides is 1. The molecular weight excluding hydrogens is 266 g/mol. The van der Waals surface area contributed by atoms with Gasteiger partial charge in [0.1, 0.15) is 5.15 Å². The van der Waals surface area contributed by atoms with Gasteiger partial charge in [0.05, 0.1) is 11.4 Å². The fourth-order valence-corrected chi connectivity index (χ4v) is 2.90. The zero-order valence-corrected chi connectivity index (χ0v) is 10.7. The number of hydrogen-bond donors (Lipinski definition) is 1. The third-order valence-electron chi connectivity index (χ3n) is 2.02. The number of nitrogens with two attached hydrogens (primary N) is 1. The van der Waals surface area contributed by atoms with Crippen LogP contribution in [0.1, 0.15) is 6.92 Å². The zero-order valence-electron chi connectivity index (χ0n) is 9.13. The lowest BCUT2D eigenvalue weighted by molar-refractivity contribution is -0.118. The van der Waals surface area contributed by atoms with Crippen LogP contribution in [0.25, 0.3) is 0 Å². The van der Waals surface area contributed by atoms with Crippen LogP contribution in [0, 0.1) is 0 Å². The Labute approximate surface area is 104 Å². The summed E-state index contributed by atoms with van der Waals surface area (Å²) in [5.41, 5.74) is 4.99. The number of hydrogen-bond acceptors (Lipinski definition) is 4. The molecule has 1 amide bonds. The summed E-state index contributed by atoms with van der Waals surface area (Å²) in [6.45, 7) is 1.40. The maximum absolute atomic E-state index is 12.1. The van der Waals surface area contributed by atoms with Crippen LogP contribution in [0.5, 0.6) is 0 Å². The molecule has 0 atom stereocenters. The van der Waals surface area contributed by atoms with E-state index in [9.17, 15) is 13.2 Å². The third kappa shape index (κ3) is 3.39. The number of carbonyl (C=O) groups excluding carboxylic acids is 1. The van der Waals surface area contributed by atoms with Gasteiger partial charge in [-0.3, -0.25) is 4.79 Å².